The molecule has 1 aliphatic heterocycles. The Kier molecular flexibility index (Phi) is 2.14. The average molecular weight is 190 g/mol. The fourth-order valence-electron chi connectivity index (χ4n) is 1.21. The number of carbonyl (C=O) groups is 1. The Hall–Kier alpha value is -1.91. The average Bonchev–Trinajstić information content (AvgIpc) is 2.65. The summed E-state index contributed by atoms with van der Waals surface area (Å²) < 4.78 is 0. The van der Waals surface area contributed by atoms with E-state index in [2.05, 4.69) is 15.3 Å². The molecule has 0 aliphatic carbocycles. The molecule has 5 heteroatoms. The number of rotatable bonds is 1. The summed E-state index contributed by atoms with van der Waals surface area (Å²) in [5.74, 6) is 0.499. The molecule has 0 bridgehead atoms. The molecule has 72 valence electrons. The first-order valence-electron chi connectivity index (χ1n) is 4.25. The number of hydrogen-bond acceptors (Lipinski definition) is 4. The largest absolute Gasteiger partial charge is 0.314 e. The van der Waals surface area contributed by atoms with Crippen molar-refractivity contribution in [3.8, 4) is 0 Å². The van der Waals surface area contributed by atoms with Crippen LogP contribution >= 0.6 is 0 Å². The van der Waals surface area contributed by atoms with Crippen molar-refractivity contribution in [2.45, 2.75) is 0 Å². The Morgan fingerprint density at radius 2 is 2.43 bits per heavy atom. The van der Waals surface area contributed by atoms with Gasteiger partial charge in [0.05, 0.1) is 11.9 Å². The van der Waals surface area contributed by atoms with Gasteiger partial charge in [-0.2, -0.15) is 0 Å². The fraction of sp³-hybridized carbons (Fsp3) is 0.222. The molecule has 2 heterocycles. The lowest BCUT2D eigenvalue weighted by Gasteiger charge is -2.17. The van der Waals surface area contributed by atoms with Crippen LogP contribution in [-0.2, 0) is 4.79 Å². The SMILES string of the molecule is CN(C1=NCC(=O)N1)c1cccnc1. The third-order valence-electron chi connectivity index (χ3n) is 1.97. The molecule has 0 radical (unpaired) electrons. The molecule has 1 aromatic rings. The summed E-state index contributed by atoms with van der Waals surface area (Å²) in [7, 11) is 1.83. The number of aromatic nitrogens is 1. The lowest BCUT2D eigenvalue weighted by Crippen LogP contribution is -2.37. The summed E-state index contributed by atoms with van der Waals surface area (Å²) in [6, 6.07) is 3.74. The standard InChI is InChI=1S/C9H10N4O/c1-13(7-3-2-4-10-5-7)9-11-6-8(14)12-9/h2-5H,6H2,1H3,(H,11,12,14). The lowest BCUT2D eigenvalue weighted by atomic mass is 10.4. The van der Waals surface area contributed by atoms with Crippen molar-refractivity contribution in [3.05, 3.63) is 24.5 Å². The summed E-state index contributed by atoms with van der Waals surface area (Å²) in [5, 5.41) is 2.66. The first kappa shape index (κ1) is 8.68. The van der Waals surface area contributed by atoms with Gasteiger partial charge < -0.3 is 4.90 Å². The first-order chi connectivity index (χ1) is 6.77. The molecule has 0 atom stereocenters. The van der Waals surface area contributed by atoms with Crippen LogP contribution in [0.4, 0.5) is 5.69 Å². The number of nitrogens with zero attached hydrogens (tertiary/aromatic N) is 3. The smallest absolute Gasteiger partial charge is 0.248 e. The van der Waals surface area contributed by atoms with Crippen molar-refractivity contribution in [2.75, 3.05) is 18.5 Å². The summed E-state index contributed by atoms with van der Waals surface area (Å²) in [6.45, 7) is 0.208. The highest BCUT2D eigenvalue weighted by Gasteiger charge is 2.17. The van der Waals surface area contributed by atoms with Crippen molar-refractivity contribution in [3.63, 3.8) is 0 Å². The zero-order chi connectivity index (χ0) is 9.97. The van der Waals surface area contributed by atoms with Gasteiger partial charge in [-0.25, -0.2) is 4.99 Å². The van der Waals surface area contributed by atoms with Crippen LogP contribution in [0.1, 0.15) is 0 Å². The van der Waals surface area contributed by atoms with Gasteiger partial charge in [-0.05, 0) is 12.1 Å². The van der Waals surface area contributed by atoms with Gasteiger partial charge in [0.15, 0.2) is 0 Å². The second-order valence-electron chi connectivity index (χ2n) is 2.96. The Bertz CT molecular complexity index is 374. The summed E-state index contributed by atoms with van der Waals surface area (Å²) >= 11 is 0. The molecule has 0 saturated carbocycles. The molecule has 0 saturated heterocycles. The van der Waals surface area contributed by atoms with Gasteiger partial charge in [0, 0.05) is 13.2 Å². The van der Waals surface area contributed by atoms with E-state index >= 15 is 0 Å². The zero-order valence-electron chi connectivity index (χ0n) is 7.77. The highest BCUT2D eigenvalue weighted by atomic mass is 16.2. The van der Waals surface area contributed by atoms with Gasteiger partial charge >= 0.3 is 0 Å². The number of amides is 1. The van der Waals surface area contributed by atoms with Crippen molar-refractivity contribution >= 4 is 17.6 Å². The molecular formula is C9H10N4O. The molecule has 0 fully saturated rings. The molecule has 14 heavy (non-hydrogen) atoms. The van der Waals surface area contributed by atoms with E-state index in [-0.39, 0.29) is 12.5 Å². The third kappa shape index (κ3) is 1.56. The number of aliphatic imine (C=N–C) groups is 1. The molecular weight excluding hydrogens is 180 g/mol. The minimum absolute atomic E-state index is 0.0734. The Labute approximate surface area is 81.5 Å². The molecule has 1 N–H and O–H groups in total. The minimum Gasteiger partial charge on any atom is -0.314 e. The van der Waals surface area contributed by atoms with Crippen LogP contribution < -0.4 is 10.2 Å². The van der Waals surface area contributed by atoms with Crippen LogP contribution in [0.25, 0.3) is 0 Å². The van der Waals surface area contributed by atoms with Gasteiger partial charge in [-0.3, -0.25) is 15.1 Å². The normalized spacial score (nSPS) is 14.9. The van der Waals surface area contributed by atoms with Crippen molar-refractivity contribution in [2.24, 2.45) is 4.99 Å². The minimum atomic E-state index is -0.0734. The summed E-state index contributed by atoms with van der Waals surface area (Å²) in [5.41, 5.74) is 0.897. The number of guanidine groups is 1. The molecule has 0 spiro atoms. The highest BCUT2D eigenvalue weighted by molar-refractivity contribution is 6.09. The molecule has 1 aromatic heterocycles. The maximum atomic E-state index is 10.9. The number of hydrogen-bond donors (Lipinski definition) is 1. The van der Waals surface area contributed by atoms with E-state index in [1.54, 1.807) is 17.3 Å². The lowest BCUT2D eigenvalue weighted by molar-refractivity contribution is -0.117. The van der Waals surface area contributed by atoms with E-state index in [9.17, 15) is 4.79 Å². The van der Waals surface area contributed by atoms with Crippen molar-refractivity contribution in [1.29, 1.82) is 0 Å². The van der Waals surface area contributed by atoms with Gasteiger partial charge in [0.2, 0.25) is 11.9 Å². The van der Waals surface area contributed by atoms with Crippen molar-refractivity contribution < 1.29 is 4.79 Å². The summed E-state index contributed by atoms with van der Waals surface area (Å²) in [6.07, 6.45) is 3.42. The molecule has 0 unspecified atom stereocenters. The van der Waals surface area contributed by atoms with Crippen molar-refractivity contribution in [1.82, 2.24) is 10.3 Å². The topological polar surface area (TPSA) is 57.6 Å². The maximum Gasteiger partial charge on any atom is 0.248 e. The number of anilines is 1. The van der Waals surface area contributed by atoms with Crippen LogP contribution in [0.2, 0.25) is 0 Å². The second kappa shape index (κ2) is 3.45. The first-order valence-corrected chi connectivity index (χ1v) is 4.25. The van der Waals surface area contributed by atoms with E-state index in [0.717, 1.165) is 5.69 Å². The van der Waals surface area contributed by atoms with E-state index in [1.807, 2.05) is 19.2 Å². The predicted octanol–water partition coefficient (Wildman–Crippen LogP) is 0.00360. The van der Waals surface area contributed by atoms with E-state index in [1.165, 1.54) is 0 Å². The van der Waals surface area contributed by atoms with Crippen LogP contribution in [0.5, 0.6) is 0 Å². The van der Waals surface area contributed by atoms with E-state index in [4.69, 9.17) is 0 Å². The molecule has 1 aliphatic rings. The Morgan fingerprint density at radius 3 is 3.00 bits per heavy atom. The van der Waals surface area contributed by atoms with E-state index < -0.39 is 0 Å². The van der Waals surface area contributed by atoms with Gasteiger partial charge in [0.25, 0.3) is 0 Å². The quantitative estimate of drug-likeness (QED) is 0.678. The molecule has 2 rings (SSSR count). The van der Waals surface area contributed by atoms with Gasteiger partial charge in [-0.15, -0.1) is 0 Å². The Morgan fingerprint density at radius 1 is 1.57 bits per heavy atom. The second-order valence-corrected chi connectivity index (χ2v) is 2.96. The molecule has 0 aromatic carbocycles. The number of nitrogens with one attached hydrogen (secondary N) is 1. The summed E-state index contributed by atoms with van der Waals surface area (Å²) in [4.78, 5) is 20.7. The van der Waals surface area contributed by atoms with Gasteiger partial charge in [0.1, 0.15) is 6.54 Å². The van der Waals surface area contributed by atoms with Crippen LogP contribution in [0.3, 0.4) is 0 Å². The van der Waals surface area contributed by atoms with Crippen LogP contribution in [-0.4, -0.2) is 30.4 Å². The molecule has 5 nitrogen and oxygen atoms in total. The molecule has 1 amide bonds. The van der Waals surface area contributed by atoms with E-state index in [0.29, 0.717) is 5.96 Å². The number of pyridine rings is 1. The van der Waals surface area contributed by atoms with Crippen LogP contribution in [0, 0.1) is 0 Å². The third-order valence-corrected chi connectivity index (χ3v) is 1.97. The van der Waals surface area contributed by atoms with Gasteiger partial charge in [-0.1, -0.05) is 0 Å². The zero-order valence-corrected chi connectivity index (χ0v) is 7.77. The predicted molar refractivity (Wildman–Crippen MR) is 53.1 cm³/mol. The highest BCUT2D eigenvalue weighted by Crippen LogP contribution is 2.10. The maximum absolute atomic E-state index is 10.9. The monoisotopic (exact) mass is 190 g/mol. The number of carbonyl (C=O) groups excluding carboxylic acids is 1. The van der Waals surface area contributed by atoms with Crippen LogP contribution in [0.15, 0.2) is 29.5 Å². The Balaban J connectivity index is 2.17. The fourth-order valence-corrected chi connectivity index (χ4v) is 1.21.